The van der Waals surface area contributed by atoms with Crippen LogP contribution in [0.1, 0.15) is 140 Å². The summed E-state index contributed by atoms with van der Waals surface area (Å²) in [5.41, 5.74) is -3.79. The van der Waals surface area contributed by atoms with Crippen molar-refractivity contribution in [3.63, 3.8) is 0 Å². The third kappa shape index (κ3) is 7.89. The third-order valence-electron chi connectivity index (χ3n) is 10.6. The molecule has 6 atom stereocenters. The number of rotatable bonds is 16. The lowest BCUT2D eigenvalue weighted by molar-refractivity contribution is -0.249. The predicted octanol–water partition coefficient (Wildman–Crippen LogP) is 4.08. The van der Waals surface area contributed by atoms with Crippen LogP contribution in [0.15, 0.2) is 18.2 Å². The molecular formula is C39H51NO12. The van der Waals surface area contributed by atoms with Gasteiger partial charge in [0.15, 0.2) is 17.9 Å². The molecule has 0 bridgehead atoms. The zero-order chi connectivity index (χ0) is 37.7. The minimum atomic E-state index is -2.30. The second-order valence-corrected chi connectivity index (χ2v) is 14.2. The highest BCUT2D eigenvalue weighted by atomic mass is 16.7. The number of phenols is 2. The van der Waals surface area contributed by atoms with Crippen LogP contribution < -0.4 is 10.1 Å². The molecule has 0 spiro atoms. The molecule has 1 fully saturated rings. The first kappa shape index (κ1) is 39.3. The van der Waals surface area contributed by atoms with E-state index in [-0.39, 0.29) is 46.8 Å². The summed E-state index contributed by atoms with van der Waals surface area (Å²) < 4.78 is 17.5. The maximum atomic E-state index is 13.9. The average Bonchev–Trinajstić information content (AvgIpc) is 3.12. The van der Waals surface area contributed by atoms with Crippen molar-refractivity contribution in [3.05, 3.63) is 51.6 Å². The van der Waals surface area contributed by atoms with Crippen LogP contribution >= 0.6 is 0 Å². The zero-order valence-electron chi connectivity index (χ0n) is 30.1. The van der Waals surface area contributed by atoms with Gasteiger partial charge in [0.1, 0.15) is 35.6 Å². The number of unbranched alkanes of at least 4 members (excludes halogenated alkanes) is 8. The maximum Gasteiger partial charge on any atom is 0.220 e. The van der Waals surface area contributed by atoms with Gasteiger partial charge in [0.2, 0.25) is 11.7 Å². The van der Waals surface area contributed by atoms with Gasteiger partial charge in [-0.2, -0.15) is 0 Å². The molecule has 1 heterocycles. The summed E-state index contributed by atoms with van der Waals surface area (Å²) in [5, 5.41) is 58.3. The first-order valence-electron chi connectivity index (χ1n) is 18.4. The van der Waals surface area contributed by atoms with Gasteiger partial charge in [-0.1, -0.05) is 70.4 Å². The lowest BCUT2D eigenvalue weighted by Crippen LogP contribution is -2.55. The molecule has 0 unspecified atom stereocenters. The van der Waals surface area contributed by atoms with Crippen LogP contribution in [0.4, 0.5) is 0 Å². The van der Waals surface area contributed by atoms with E-state index in [0.717, 1.165) is 19.3 Å². The number of ketones is 3. The van der Waals surface area contributed by atoms with E-state index in [4.69, 9.17) is 14.2 Å². The second kappa shape index (κ2) is 16.9. The van der Waals surface area contributed by atoms with E-state index in [1.165, 1.54) is 57.4 Å². The molecule has 1 amide bonds. The van der Waals surface area contributed by atoms with Crippen LogP contribution in [0.5, 0.6) is 17.2 Å². The predicted molar refractivity (Wildman–Crippen MR) is 188 cm³/mol. The monoisotopic (exact) mass is 725 g/mol. The first-order chi connectivity index (χ1) is 24.9. The lowest BCUT2D eigenvalue weighted by atomic mass is 9.72. The summed E-state index contributed by atoms with van der Waals surface area (Å²) in [5.74, 6) is -4.11. The highest BCUT2D eigenvalue weighted by Crippen LogP contribution is 2.52. The highest BCUT2D eigenvalue weighted by molar-refractivity contribution is 6.31. The van der Waals surface area contributed by atoms with Crippen molar-refractivity contribution < 1.29 is 58.9 Å². The molecular weight excluding hydrogens is 674 g/mol. The smallest absolute Gasteiger partial charge is 0.220 e. The van der Waals surface area contributed by atoms with Crippen LogP contribution in [-0.4, -0.2) is 92.6 Å². The van der Waals surface area contributed by atoms with Gasteiger partial charge in [-0.25, -0.2) is 0 Å². The number of carbonyl (C=O) groups is 4. The number of aromatic hydroxyl groups is 2. The topological polar surface area (TPSA) is 209 Å². The van der Waals surface area contributed by atoms with E-state index in [1.807, 2.05) is 0 Å². The fourth-order valence-electron chi connectivity index (χ4n) is 7.73. The summed E-state index contributed by atoms with van der Waals surface area (Å²) in [6.07, 6.45) is 4.58. The Kier molecular flexibility index (Phi) is 12.7. The Hall–Kier alpha value is -3.88. The van der Waals surface area contributed by atoms with Crippen LogP contribution in [0.3, 0.4) is 0 Å². The van der Waals surface area contributed by atoms with Gasteiger partial charge in [0, 0.05) is 42.4 Å². The summed E-state index contributed by atoms with van der Waals surface area (Å²) in [6, 6.07) is 3.59. The number of ether oxygens (including phenoxy) is 3. The van der Waals surface area contributed by atoms with E-state index in [0.29, 0.717) is 6.42 Å². The van der Waals surface area contributed by atoms with E-state index in [1.54, 1.807) is 6.92 Å². The molecule has 5 rings (SSSR count). The zero-order valence-corrected chi connectivity index (χ0v) is 30.1. The SMILES string of the molecule is CCCCCCCCCCCC(=O)N[C@H]1C[C@H](O[C@H]2C[C@](O)(C(=O)CO)Cc3c(O)c4c(c(O)c32)C(=O)c2c(OC)cccc2C4=O)O[C@@H](C)[C@H]1O. The normalized spacial score (nSPS) is 25.2. The van der Waals surface area contributed by atoms with Gasteiger partial charge >= 0.3 is 0 Å². The summed E-state index contributed by atoms with van der Waals surface area (Å²) >= 11 is 0. The maximum absolute atomic E-state index is 13.9. The van der Waals surface area contributed by atoms with Gasteiger partial charge in [0.05, 0.1) is 42.0 Å². The van der Waals surface area contributed by atoms with Crippen molar-refractivity contribution in [2.45, 2.75) is 134 Å². The fraction of sp³-hybridized carbons (Fsp3) is 0.590. The van der Waals surface area contributed by atoms with E-state index >= 15 is 0 Å². The Morgan fingerprint density at radius 2 is 1.62 bits per heavy atom. The molecule has 52 heavy (non-hydrogen) atoms. The molecule has 2 aromatic carbocycles. The molecule has 1 saturated heterocycles. The van der Waals surface area contributed by atoms with E-state index < -0.39 is 95.7 Å². The Morgan fingerprint density at radius 3 is 2.27 bits per heavy atom. The molecule has 13 heteroatoms. The van der Waals surface area contributed by atoms with E-state index in [2.05, 4.69) is 12.2 Å². The van der Waals surface area contributed by atoms with Crippen LogP contribution in [0.25, 0.3) is 0 Å². The fourth-order valence-corrected chi connectivity index (χ4v) is 7.73. The molecule has 0 aromatic heterocycles. The molecule has 2 aromatic rings. The number of fused-ring (bicyclic) bond motifs is 3. The minimum Gasteiger partial charge on any atom is -0.507 e. The molecule has 13 nitrogen and oxygen atoms in total. The molecule has 0 radical (unpaired) electrons. The van der Waals surface area contributed by atoms with Crippen molar-refractivity contribution in [3.8, 4) is 17.2 Å². The molecule has 3 aliphatic rings. The second-order valence-electron chi connectivity index (χ2n) is 14.2. The number of methoxy groups -OCH3 is 1. The Balaban J connectivity index is 1.37. The van der Waals surface area contributed by atoms with Crippen molar-refractivity contribution >= 4 is 23.3 Å². The molecule has 284 valence electrons. The van der Waals surface area contributed by atoms with Gasteiger partial charge in [-0.15, -0.1) is 0 Å². The summed E-state index contributed by atoms with van der Waals surface area (Å²) in [7, 11) is 1.32. The number of aliphatic hydroxyl groups excluding tert-OH is 2. The number of aliphatic hydroxyl groups is 3. The highest BCUT2D eigenvalue weighted by Gasteiger charge is 2.50. The van der Waals surface area contributed by atoms with Crippen molar-refractivity contribution in [2.75, 3.05) is 13.7 Å². The molecule has 0 saturated carbocycles. The number of hydrogen-bond donors (Lipinski definition) is 6. The van der Waals surface area contributed by atoms with Crippen molar-refractivity contribution in [1.82, 2.24) is 5.32 Å². The van der Waals surface area contributed by atoms with E-state index in [9.17, 15) is 44.7 Å². The number of Topliss-reactive ketones (excluding diaryl/α,β-unsaturated/α-hetero) is 1. The van der Waals surface area contributed by atoms with Crippen LogP contribution in [-0.2, 0) is 25.5 Å². The number of amides is 1. The van der Waals surface area contributed by atoms with Crippen molar-refractivity contribution in [2.24, 2.45) is 0 Å². The number of nitrogens with one attached hydrogen (secondary N) is 1. The third-order valence-corrected chi connectivity index (χ3v) is 10.6. The summed E-state index contributed by atoms with van der Waals surface area (Å²) in [4.78, 5) is 53.4. The Bertz CT molecular complexity index is 1670. The largest absolute Gasteiger partial charge is 0.507 e. The average molecular weight is 726 g/mol. The van der Waals surface area contributed by atoms with Crippen molar-refractivity contribution in [1.29, 1.82) is 0 Å². The Morgan fingerprint density at radius 1 is 0.962 bits per heavy atom. The number of phenolic OH excluding ortho intramolecular Hbond substituents is 2. The first-order valence-corrected chi connectivity index (χ1v) is 18.4. The number of carbonyl (C=O) groups excluding carboxylic acids is 4. The summed E-state index contributed by atoms with van der Waals surface area (Å²) in [6.45, 7) is 2.74. The quantitative estimate of drug-likeness (QED) is 0.0912. The van der Waals surface area contributed by atoms with Crippen LogP contribution in [0.2, 0.25) is 0 Å². The molecule has 2 aliphatic carbocycles. The number of benzene rings is 2. The number of hydrogen-bond acceptors (Lipinski definition) is 12. The Labute approximate surface area is 303 Å². The van der Waals surface area contributed by atoms with Gasteiger partial charge in [-0.05, 0) is 19.4 Å². The molecule has 1 aliphatic heterocycles. The standard InChI is InChI=1S/C39H51NO12/c1-4-5-6-7-8-9-10-11-12-16-28(43)40-24-17-29(51-21(2)34(24)44)52-26-19-39(49,27(42)20-41)18-23-31(26)38(48)33-32(36(23)46)35(45)22-14-13-15-25(50-3)30(22)37(33)47/h13-15,21,24,26,29,34,41,44,46,48-49H,4-12,16-20H2,1-3H3,(H,40,43)/t21-,24-,26-,29-,34+,39-/m0/s1. The lowest BCUT2D eigenvalue weighted by Gasteiger charge is -2.43. The minimum absolute atomic E-state index is 0.0487. The van der Waals surface area contributed by atoms with Gasteiger partial charge in [-0.3, -0.25) is 19.2 Å². The van der Waals surface area contributed by atoms with Gasteiger partial charge < -0.3 is 45.1 Å². The molecule has 6 N–H and O–H groups in total. The van der Waals surface area contributed by atoms with Crippen LogP contribution in [0, 0.1) is 0 Å². The van der Waals surface area contributed by atoms with Gasteiger partial charge in [0.25, 0.3) is 0 Å².